The third-order valence-corrected chi connectivity index (χ3v) is 15.0. The lowest BCUT2D eigenvalue weighted by molar-refractivity contribution is -0.302. The second kappa shape index (κ2) is 24.6. The molecule has 3 heterocycles. The van der Waals surface area contributed by atoms with Crippen LogP contribution in [0.15, 0.2) is 53.6 Å². The Morgan fingerprint density at radius 1 is 0.955 bits per heavy atom. The molecule has 1 aromatic rings. The number of piperidine rings is 1. The number of fused-ring (bicyclic) bond motifs is 3. The van der Waals surface area contributed by atoms with Crippen molar-refractivity contribution in [3.05, 3.63) is 59.2 Å². The summed E-state index contributed by atoms with van der Waals surface area (Å²) in [6.07, 6.45) is 3.54. The molecule has 3 aliphatic heterocycles. The van der Waals surface area contributed by atoms with E-state index in [9.17, 15) is 29.1 Å². The van der Waals surface area contributed by atoms with Crippen LogP contribution in [-0.2, 0) is 54.1 Å². The van der Waals surface area contributed by atoms with Gasteiger partial charge in [0.25, 0.3) is 11.7 Å². The standard InChI is InChI=1S/C52H78FN3O11/c1-10-37-25-31(3)45(53)32(4)26-43(64-8)47-44(65-9)27-34(6)52(62,67-47)48(58)50(60)56-23-15-14-18-40(56)51(61)66-46(30(2)19-22-41(37)57)33(5)24-36-20-21-39(42(29-36)63-7)55-49(59)38(54)28-35-16-12-11-13-17-35/h11-13,16-17,24-25,30,32,34,36-40,42-47,62H,10,14-15,18-23,26-29,54H2,1-9H3,(H,55,59)/b31-25+,33-24?/t30?,32?,34?,36?,37?,38-,39?,40?,42?,43?,44?,45?,46?,47?,52?/m0/s1. The van der Waals surface area contributed by atoms with Crippen molar-refractivity contribution in [3.8, 4) is 0 Å². The number of ether oxygens (including phenoxy) is 5. The van der Waals surface area contributed by atoms with E-state index < -0.39 is 83.9 Å². The largest absolute Gasteiger partial charge is 0.456 e. The Labute approximate surface area is 397 Å². The van der Waals surface area contributed by atoms with Gasteiger partial charge in [0.15, 0.2) is 0 Å². The molecule has 2 amide bonds. The van der Waals surface area contributed by atoms with Crippen molar-refractivity contribution in [2.45, 2.75) is 179 Å². The third kappa shape index (κ3) is 13.3. The molecule has 14 unspecified atom stereocenters. The third-order valence-electron chi connectivity index (χ3n) is 15.0. The molecule has 4 aliphatic rings. The number of alkyl halides is 1. The maximum absolute atomic E-state index is 16.3. The molecule has 0 spiro atoms. The first kappa shape index (κ1) is 54.1. The monoisotopic (exact) mass is 940 g/mol. The minimum Gasteiger partial charge on any atom is -0.456 e. The lowest BCUT2D eigenvalue weighted by Crippen LogP contribution is -2.64. The Morgan fingerprint density at radius 3 is 2.28 bits per heavy atom. The minimum atomic E-state index is -2.59. The fraction of sp³-hybridized carbons (Fsp3) is 0.712. The van der Waals surface area contributed by atoms with Gasteiger partial charge in [0.2, 0.25) is 11.7 Å². The number of esters is 1. The van der Waals surface area contributed by atoms with E-state index in [-0.39, 0.29) is 67.9 Å². The van der Waals surface area contributed by atoms with E-state index in [1.165, 1.54) is 19.1 Å². The van der Waals surface area contributed by atoms with Gasteiger partial charge in [-0.2, -0.15) is 0 Å². The molecule has 1 saturated carbocycles. The minimum absolute atomic E-state index is 0.00904. The molecule has 0 aromatic heterocycles. The predicted molar refractivity (Wildman–Crippen MR) is 251 cm³/mol. The molecule has 374 valence electrons. The van der Waals surface area contributed by atoms with Gasteiger partial charge in [-0.1, -0.05) is 70.2 Å². The summed E-state index contributed by atoms with van der Waals surface area (Å²) in [4.78, 5) is 71.5. The molecule has 67 heavy (non-hydrogen) atoms. The van der Waals surface area contributed by atoms with Gasteiger partial charge in [-0.05, 0) is 119 Å². The molecule has 2 saturated heterocycles. The number of nitrogens with one attached hydrogen (secondary N) is 1. The zero-order chi connectivity index (χ0) is 49.2. The summed E-state index contributed by atoms with van der Waals surface area (Å²) in [6, 6.07) is 7.51. The summed E-state index contributed by atoms with van der Waals surface area (Å²) in [5, 5.41) is 15.2. The fourth-order valence-electron chi connectivity index (χ4n) is 10.7. The van der Waals surface area contributed by atoms with Gasteiger partial charge in [0.1, 0.15) is 30.2 Å². The molecule has 4 N–H and O–H groups in total. The highest BCUT2D eigenvalue weighted by atomic mass is 19.1. The number of rotatable bonds is 10. The number of nitrogens with two attached hydrogens (primary N) is 1. The van der Waals surface area contributed by atoms with Gasteiger partial charge in [0.05, 0.1) is 30.4 Å². The Hall–Kier alpha value is -3.86. The molecule has 14 nitrogen and oxygen atoms in total. The zero-order valence-electron chi connectivity index (χ0n) is 41.2. The van der Waals surface area contributed by atoms with Crippen molar-refractivity contribution >= 4 is 29.4 Å². The summed E-state index contributed by atoms with van der Waals surface area (Å²) in [6.45, 7) is 10.8. The van der Waals surface area contributed by atoms with Crippen LogP contribution in [0, 0.1) is 29.6 Å². The highest BCUT2D eigenvalue weighted by Crippen LogP contribution is 2.39. The Morgan fingerprint density at radius 2 is 1.63 bits per heavy atom. The van der Waals surface area contributed by atoms with Crippen molar-refractivity contribution in [1.29, 1.82) is 0 Å². The zero-order valence-corrected chi connectivity index (χ0v) is 41.2. The van der Waals surface area contributed by atoms with E-state index >= 15 is 4.39 Å². The van der Waals surface area contributed by atoms with Crippen molar-refractivity contribution in [1.82, 2.24) is 10.2 Å². The highest BCUT2D eigenvalue weighted by Gasteiger charge is 2.57. The van der Waals surface area contributed by atoms with Crippen LogP contribution < -0.4 is 11.1 Å². The highest BCUT2D eigenvalue weighted by molar-refractivity contribution is 6.39. The van der Waals surface area contributed by atoms with Crippen LogP contribution in [0.2, 0.25) is 0 Å². The number of hydrogen-bond acceptors (Lipinski definition) is 12. The van der Waals surface area contributed by atoms with Crippen LogP contribution in [-0.4, -0.2) is 128 Å². The summed E-state index contributed by atoms with van der Waals surface area (Å²) in [5.74, 6) is -8.29. The SMILES string of the molecule is CCC1/C=C(\C)C(F)C(C)CC(OC)C2OC(O)(C(=O)C(=O)N3CCCCC3C(=O)OC(C(C)=CC3CCC(NC(=O)[C@@H](N)Cc4ccccc4)C(OC)C3)C(C)CCC1=O)C(C)CC2OC. The number of carbonyl (C=O) groups is 5. The summed E-state index contributed by atoms with van der Waals surface area (Å²) in [5.41, 5.74) is 8.45. The van der Waals surface area contributed by atoms with Crippen molar-refractivity contribution < 1.29 is 57.2 Å². The number of allylic oxidation sites excluding steroid dienone is 3. The molecule has 3 fully saturated rings. The topological polar surface area (TPSA) is 193 Å². The quantitative estimate of drug-likeness (QED) is 0.138. The van der Waals surface area contributed by atoms with E-state index in [2.05, 4.69) is 11.4 Å². The molecule has 1 aliphatic carbocycles. The number of hydrogen-bond donors (Lipinski definition) is 3. The van der Waals surface area contributed by atoms with Crippen LogP contribution in [0.3, 0.4) is 0 Å². The number of ketones is 2. The second-order valence-electron chi connectivity index (χ2n) is 19.9. The van der Waals surface area contributed by atoms with E-state index in [1.807, 2.05) is 51.1 Å². The Bertz CT molecular complexity index is 1910. The predicted octanol–water partition coefficient (Wildman–Crippen LogP) is 6.14. The molecule has 15 heteroatoms. The first-order chi connectivity index (χ1) is 31.9. The van der Waals surface area contributed by atoms with Crippen LogP contribution in [0.5, 0.6) is 0 Å². The average molecular weight is 940 g/mol. The van der Waals surface area contributed by atoms with Crippen LogP contribution in [0.25, 0.3) is 0 Å². The van der Waals surface area contributed by atoms with Crippen LogP contribution in [0.4, 0.5) is 4.39 Å². The first-order valence-electron chi connectivity index (χ1n) is 24.5. The van der Waals surface area contributed by atoms with Gasteiger partial charge < -0.3 is 44.7 Å². The number of Topliss-reactive ketones (excluding diaryl/α,β-unsaturated/α-hetero) is 2. The fourth-order valence-corrected chi connectivity index (χ4v) is 10.7. The number of aliphatic hydroxyl groups is 1. The van der Waals surface area contributed by atoms with Gasteiger partial charge in [-0.25, -0.2) is 9.18 Å². The molecule has 0 radical (unpaired) electrons. The number of carbonyl (C=O) groups excluding carboxylic acids is 5. The van der Waals surface area contributed by atoms with E-state index in [0.717, 1.165) is 11.1 Å². The number of amides is 2. The lowest BCUT2D eigenvalue weighted by Gasteiger charge is -2.47. The van der Waals surface area contributed by atoms with Crippen LogP contribution in [0.1, 0.15) is 118 Å². The maximum atomic E-state index is 16.3. The molecule has 5 rings (SSSR count). The maximum Gasteiger partial charge on any atom is 0.329 e. The summed E-state index contributed by atoms with van der Waals surface area (Å²) < 4.78 is 46.5. The van der Waals surface area contributed by atoms with Gasteiger partial charge >= 0.3 is 5.97 Å². The lowest BCUT2D eigenvalue weighted by atomic mass is 9.81. The summed E-state index contributed by atoms with van der Waals surface area (Å²) in [7, 11) is 4.53. The molecule has 15 atom stereocenters. The van der Waals surface area contributed by atoms with E-state index in [0.29, 0.717) is 56.9 Å². The normalized spacial score (nSPS) is 37.0. The number of benzene rings is 1. The number of nitrogens with zero attached hydrogens (tertiary/aromatic N) is 1. The van der Waals surface area contributed by atoms with Crippen molar-refractivity contribution in [2.75, 3.05) is 27.9 Å². The van der Waals surface area contributed by atoms with Gasteiger partial charge in [-0.3, -0.25) is 19.2 Å². The molecule has 1 aromatic carbocycles. The smallest absolute Gasteiger partial charge is 0.329 e. The van der Waals surface area contributed by atoms with E-state index in [1.54, 1.807) is 34.0 Å². The molecule has 2 bridgehead atoms. The van der Waals surface area contributed by atoms with E-state index in [4.69, 9.17) is 29.4 Å². The number of cyclic esters (lactones) is 1. The number of halogens is 1. The Balaban J connectivity index is 1.44. The van der Waals surface area contributed by atoms with Crippen LogP contribution >= 0.6 is 0 Å². The van der Waals surface area contributed by atoms with Gasteiger partial charge in [-0.15, -0.1) is 0 Å². The first-order valence-corrected chi connectivity index (χ1v) is 24.5. The molecular formula is C52H78FN3O11. The number of methoxy groups -OCH3 is 3. The molecular weight excluding hydrogens is 862 g/mol. The van der Waals surface area contributed by atoms with Gasteiger partial charge in [0, 0.05) is 46.1 Å². The average Bonchev–Trinajstić information content (AvgIpc) is 3.33. The van der Waals surface area contributed by atoms with Crippen molar-refractivity contribution in [2.24, 2.45) is 35.3 Å². The van der Waals surface area contributed by atoms with Crippen molar-refractivity contribution in [3.63, 3.8) is 0 Å². The Kier molecular flexibility index (Phi) is 19.9. The second-order valence-corrected chi connectivity index (χ2v) is 19.9. The summed E-state index contributed by atoms with van der Waals surface area (Å²) >= 11 is 0.